The molecule has 0 unspecified atom stereocenters. The van der Waals surface area contributed by atoms with Crippen molar-refractivity contribution in [3.63, 3.8) is 0 Å². The number of aryl methyl sites for hydroxylation is 2. The van der Waals surface area contributed by atoms with E-state index in [2.05, 4.69) is 157 Å². The van der Waals surface area contributed by atoms with Crippen molar-refractivity contribution in [2.45, 2.75) is 111 Å². The van der Waals surface area contributed by atoms with Crippen molar-refractivity contribution in [2.75, 3.05) is 6.61 Å². The Morgan fingerprint density at radius 3 is 1.66 bits per heavy atom. The van der Waals surface area contributed by atoms with Crippen molar-refractivity contribution in [3.8, 4) is 23.0 Å². The molecule has 0 bridgehead atoms. The molecule has 262 valence electrons. The fourth-order valence-corrected chi connectivity index (χ4v) is 9.82. The fourth-order valence-electron chi connectivity index (χ4n) is 7.55. The van der Waals surface area contributed by atoms with Gasteiger partial charge in [-0.2, -0.15) is 0 Å². The molecular formula is C44H53N2O3P. The van der Waals surface area contributed by atoms with Crippen molar-refractivity contribution in [3.05, 3.63) is 129 Å². The lowest BCUT2D eigenvalue weighted by molar-refractivity contribution is 0.308. The minimum absolute atomic E-state index is 0.0448. The molecule has 7 rings (SSSR count). The number of benzene rings is 3. The summed E-state index contributed by atoms with van der Waals surface area (Å²) in [4.78, 5) is 0. The van der Waals surface area contributed by atoms with E-state index in [1.165, 1.54) is 39.5 Å². The van der Waals surface area contributed by atoms with Gasteiger partial charge >= 0.3 is 8.45 Å². The molecule has 0 radical (unpaired) electrons. The lowest BCUT2D eigenvalue weighted by Crippen LogP contribution is -2.28. The summed E-state index contributed by atoms with van der Waals surface area (Å²) >= 11 is 0. The third-order valence-electron chi connectivity index (χ3n) is 10.6. The predicted octanol–water partition coefficient (Wildman–Crippen LogP) is 12.0. The maximum absolute atomic E-state index is 7.54. The molecule has 0 atom stereocenters. The molecule has 2 aliphatic heterocycles. The van der Waals surface area contributed by atoms with E-state index in [4.69, 9.17) is 14.0 Å². The third kappa shape index (κ3) is 5.57. The topological polar surface area (TPSA) is 37.6 Å². The zero-order valence-corrected chi connectivity index (χ0v) is 32.7. The Hall–Kier alpha value is -3.95. The molecule has 4 heterocycles. The SMILES string of the molecule is CCOc1cc(C(C)(C)C)cc2c1Oc1c(OP3n4c(CC)ccc4C(c4ccccc4)c4ccc(CC)n43)cc(C(C)(C)C)cc1C2(C)C. The Balaban J connectivity index is 1.46. The predicted molar refractivity (Wildman–Crippen MR) is 207 cm³/mol. The molecule has 6 heteroatoms. The van der Waals surface area contributed by atoms with Gasteiger partial charge < -0.3 is 14.0 Å². The first-order chi connectivity index (χ1) is 23.7. The van der Waals surface area contributed by atoms with Gasteiger partial charge in [0.25, 0.3) is 0 Å². The Kier molecular flexibility index (Phi) is 8.54. The highest BCUT2D eigenvalue weighted by molar-refractivity contribution is 7.50. The normalized spacial score (nSPS) is 17.7. The highest BCUT2D eigenvalue weighted by Gasteiger charge is 2.43. The van der Waals surface area contributed by atoms with E-state index in [0.717, 1.165) is 47.0 Å². The second-order valence-corrected chi connectivity index (χ2v) is 17.9. The maximum Gasteiger partial charge on any atom is 0.318 e. The summed E-state index contributed by atoms with van der Waals surface area (Å²) < 4.78 is 26.0. The lowest BCUT2D eigenvalue weighted by Gasteiger charge is -2.40. The van der Waals surface area contributed by atoms with Gasteiger partial charge in [-0.3, -0.25) is 8.68 Å². The number of hydrogen-bond donors (Lipinski definition) is 0. The average molecular weight is 689 g/mol. The smallest absolute Gasteiger partial charge is 0.318 e. The monoisotopic (exact) mass is 688 g/mol. The second kappa shape index (κ2) is 12.4. The first-order valence-electron chi connectivity index (χ1n) is 18.3. The van der Waals surface area contributed by atoms with Crippen LogP contribution >= 0.6 is 8.45 Å². The molecule has 0 spiro atoms. The summed E-state index contributed by atoms with van der Waals surface area (Å²) in [6, 6.07) is 29.2. The van der Waals surface area contributed by atoms with Gasteiger partial charge in [0.1, 0.15) is 0 Å². The van der Waals surface area contributed by atoms with E-state index in [-0.39, 0.29) is 22.2 Å². The molecule has 0 saturated carbocycles. The van der Waals surface area contributed by atoms with Crippen LogP contribution in [0.1, 0.15) is 133 Å². The number of aromatic nitrogens is 2. The van der Waals surface area contributed by atoms with Crippen LogP contribution in [0, 0.1) is 0 Å². The largest absolute Gasteiger partial charge is 0.490 e. The molecule has 0 N–H and O–H groups in total. The van der Waals surface area contributed by atoms with E-state index >= 15 is 0 Å². The van der Waals surface area contributed by atoms with Crippen LogP contribution in [-0.2, 0) is 29.1 Å². The van der Waals surface area contributed by atoms with Crippen LogP contribution in [0.5, 0.6) is 23.0 Å². The van der Waals surface area contributed by atoms with Crippen LogP contribution in [0.2, 0.25) is 0 Å². The number of hydrogen-bond acceptors (Lipinski definition) is 3. The number of ether oxygens (including phenoxy) is 2. The second-order valence-electron chi connectivity index (χ2n) is 16.4. The Bertz CT molecular complexity index is 2010. The van der Waals surface area contributed by atoms with Crippen LogP contribution in [0.4, 0.5) is 0 Å². The molecule has 0 saturated heterocycles. The molecule has 0 amide bonds. The minimum atomic E-state index is -1.35. The first kappa shape index (κ1) is 34.5. The van der Waals surface area contributed by atoms with Crippen LogP contribution < -0.4 is 14.0 Å². The quantitative estimate of drug-likeness (QED) is 0.160. The van der Waals surface area contributed by atoms with Gasteiger partial charge in [-0.1, -0.05) is 112 Å². The lowest BCUT2D eigenvalue weighted by atomic mass is 9.72. The summed E-state index contributed by atoms with van der Waals surface area (Å²) in [5.41, 5.74) is 10.6. The highest BCUT2D eigenvalue weighted by atomic mass is 31.2. The molecule has 3 aromatic carbocycles. The van der Waals surface area contributed by atoms with Crippen LogP contribution in [0.15, 0.2) is 78.9 Å². The van der Waals surface area contributed by atoms with Crippen LogP contribution in [0.25, 0.3) is 0 Å². The Morgan fingerprint density at radius 1 is 0.680 bits per heavy atom. The minimum Gasteiger partial charge on any atom is -0.490 e. The van der Waals surface area contributed by atoms with Crippen molar-refractivity contribution >= 4 is 8.45 Å². The third-order valence-corrected chi connectivity index (χ3v) is 12.6. The molecule has 5 aromatic rings. The number of rotatable bonds is 7. The summed E-state index contributed by atoms with van der Waals surface area (Å²) in [5, 5.41) is 0. The van der Waals surface area contributed by atoms with E-state index in [1.807, 2.05) is 6.92 Å². The average Bonchev–Trinajstić information content (AvgIpc) is 3.69. The van der Waals surface area contributed by atoms with E-state index in [9.17, 15) is 0 Å². The molecular weight excluding hydrogens is 635 g/mol. The van der Waals surface area contributed by atoms with Crippen LogP contribution in [-0.4, -0.2) is 15.3 Å². The molecule has 2 aromatic heterocycles. The van der Waals surface area contributed by atoms with E-state index in [0.29, 0.717) is 6.61 Å². The first-order valence-corrected chi connectivity index (χ1v) is 19.5. The zero-order chi connectivity index (χ0) is 35.7. The molecule has 0 aliphatic carbocycles. The summed E-state index contributed by atoms with van der Waals surface area (Å²) in [6.07, 6.45) is 1.82. The fraction of sp³-hybridized carbons (Fsp3) is 0.409. The highest BCUT2D eigenvalue weighted by Crippen LogP contribution is 2.60. The van der Waals surface area contributed by atoms with Gasteiger partial charge in [-0.05, 0) is 83.7 Å². The van der Waals surface area contributed by atoms with Gasteiger partial charge in [-0.15, -0.1) is 0 Å². The number of nitrogens with zero attached hydrogens (tertiary/aromatic N) is 2. The van der Waals surface area contributed by atoms with Gasteiger partial charge in [0.15, 0.2) is 23.0 Å². The van der Waals surface area contributed by atoms with Crippen molar-refractivity contribution < 1.29 is 14.0 Å². The van der Waals surface area contributed by atoms with Gasteiger partial charge in [-0.25, -0.2) is 0 Å². The molecule has 2 aliphatic rings. The van der Waals surface area contributed by atoms with Crippen molar-refractivity contribution in [2.24, 2.45) is 0 Å². The van der Waals surface area contributed by atoms with Crippen molar-refractivity contribution in [1.82, 2.24) is 8.68 Å². The van der Waals surface area contributed by atoms with Crippen molar-refractivity contribution in [1.29, 1.82) is 0 Å². The zero-order valence-electron chi connectivity index (χ0n) is 31.8. The van der Waals surface area contributed by atoms with Gasteiger partial charge in [0.05, 0.1) is 12.5 Å². The summed E-state index contributed by atoms with van der Waals surface area (Å²) in [6.45, 7) is 25.3. The van der Waals surface area contributed by atoms with E-state index in [1.54, 1.807) is 0 Å². The standard InChI is InChI=1S/C44H53N2O3P/c1-12-31-20-22-35-39(28-18-16-15-17-19-28)36-23-21-32(13-2)46(36)50(45(31)35)49-38-27-30(43(7,8)9)25-34-41(38)48-40-33(44(34,10)11)24-29(42(4,5)6)26-37(40)47-14-3/h15-27,39H,12-14H2,1-11H3. The maximum atomic E-state index is 7.54. The van der Waals surface area contributed by atoms with Crippen LogP contribution in [0.3, 0.4) is 0 Å². The van der Waals surface area contributed by atoms with Gasteiger partial charge in [0.2, 0.25) is 0 Å². The Labute approximate surface area is 300 Å². The molecule has 0 fully saturated rings. The van der Waals surface area contributed by atoms with E-state index < -0.39 is 8.45 Å². The Morgan fingerprint density at radius 2 is 1.18 bits per heavy atom. The summed E-state index contributed by atoms with van der Waals surface area (Å²) in [5.74, 6) is 3.25. The van der Waals surface area contributed by atoms with Gasteiger partial charge in [0, 0.05) is 39.3 Å². The molecule has 50 heavy (non-hydrogen) atoms. The molecule has 5 nitrogen and oxygen atoms in total. The summed E-state index contributed by atoms with van der Waals surface area (Å²) in [7, 11) is -1.35. The number of fused-ring (bicyclic) bond motifs is 4.